The van der Waals surface area contributed by atoms with Crippen molar-refractivity contribution < 1.29 is 22.9 Å². The standard InChI is InChI=1S/C17H14F3N5O3S/c1-9-12-6-11(7-21-16(12)24(2)23-9)22-15(26)8-29-14-4-3-10(17(18,19)20)5-13(14)25(27)28/h3-7H,8H2,1-2H3,(H,22,26). The van der Waals surface area contributed by atoms with E-state index in [-0.39, 0.29) is 10.6 Å². The highest BCUT2D eigenvalue weighted by molar-refractivity contribution is 8.00. The van der Waals surface area contributed by atoms with Crippen LogP contribution >= 0.6 is 11.8 Å². The summed E-state index contributed by atoms with van der Waals surface area (Å²) in [5.41, 5.74) is -0.0202. The SMILES string of the molecule is Cc1nn(C)c2ncc(NC(=O)CSc3ccc(C(F)(F)F)cc3[N+](=O)[O-])cc12. The average Bonchev–Trinajstić information content (AvgIpc) is 2.92. The van der Waals surface area contributed by atoms with Crippen molar-refractivity contribution in [3.05, 3.63) is 51.8 Å². The van der Waals surface area contributed by atoms with E-state index in [0.29, 0.717) is 17.4 Å². The Kier molecular flexibility index (Phi) is 5.46. The molecule has 0 aliphatic carbocycles. The highest BCUT2D eigenvalue weighted by Gasteiger charge is 2.33. The third-order valence-electron chi connectivity index (χ3n) is 3.99. The van der Waals surface area contributed by atoms with Crippen molar-refractivity contribution in [2.24, 2.45) is 7.05 Å². The molecule has 2 heterocycles. The Morgan fingerprint density at radius 3 is 2.72 bits per heavy atom. The maximum Gasteiger partial charge on any atom is 0.416 e. The molecular formula is C17H14F3N5O3S. The number of anilines is 1. The Morgan fingerprint density at radius 2 is 2.07 bits per heavy atom. The first kappa shape index (κ1) is 20.6. The number of carbonyl (C=O) groups excluding carboxylic acids is 1. The van der Waals surface area contributed by atoms with Gasteiger partial charge in [-0.15, -0.1) is 11.8 Å². The van der Waals surface area contributed by atoms with Gasteiger partial charge in [0.15, 0.2) is 5.65 Å². The van der Waals surface area contributed by atoms with Crippen LogP contribution in [-0.4, -0.2) is 31.3 Å². The summed E-state index contributed by atoms with van der Waals surface area (Å²) in [7, 11) is 1.74. The number of carbonyl (C=O) groups is 1. The maximum atomic E-state index is 12.8. The number of rotatable bonds is 5. The van der Waals surface area contributed by atoms with Gasteiger partial charge in [0.1, 0.15) is 0 Å². The van der Waals surface area contributed by atoms with Gasteiger partial charge in [-0.1, -0.05) is 0 Å². The van der Waals surface area contributed by atoms with Crippen LogP contribution in [0.15, 0.2) is 35.4 Å². The van der Waals surface area contributed by atoms with E-state index in [0.717, 1.165) is 35.0 Å². The predicted octanol–water partition coefficient (Wildman–Crippen LogP) is 3.93. The van der Waals surface area contributed by atoms with Crippen LogP contribution in [0, 0.1) is 17.0 Å². The van der Waals surface area contributed by atoms with E-state index in [1.54, 1.807) is 24.7 Å². The largest absolute Gasteiger partial charge is 0.416 e. The summed E-state index contributed by atoms with van der Waals surface area (Å²) in [6.45, 7) is 1.80. The molecule has 0 spiro atoms. The molecule has 0 fully saturated rings. The lowest BCUT2D eigenvalue weighted by Crippen LogP contribution is -2.14. The zero-order valence-corrected chi connectivity index (χ0v) is 16.0. The Bertz CT molecular complexity index is 1110. The van der Waals surface area contributed by atoms with Gasteiger partial charge >= 0.3 is 6.18 Å². The van der Waals surface area contributed by atoms with Gasteiger partial charge < -0.3 is 5.32 Å². The van der Waals surface area contributed by atoms with Crippen molar-refractivity contribution in [2.75, 3.05) is 11.1 Å². The molecule has 29 heavy (non-hydrogen) atoms. The summed E-state index contributed by atoms with van der Waals surface area (Å²) in [6, 6.07) is 3.90. The summed E-state index contributed by atoms with van der Waals surface area (Å²) >= 11 is 0.775. The number of pyridine rings is 1. The van der Waals surface area contributed by atoms with Crippen LogP contribution in [0.2, 0.25) is 0 Å². The van der Waals surface area contributed by atoms with E-state index < -0.39 is 28.3 Å². The molecule has 8 nitrogen and oxygen atoms in total. The number of nitro benzene ring substituents is 1. The molecule has 1 aromatic carbocycles. The molecule has 0 aliphatic heterocycles. The number of hydrogen-bond donors (Lipinski definition) is 1. The van der Waals surface area contributed by atoms with E-state index in [1.165, 1.54) is 6.20 Å². The van der Waals surface area contributed by atoms with Crippen molar-refractivity contribution >= 4 is 40.1 Å². The quantitative estimate of drug-likeness (QED) is 0.377. The molecule has 0 radical (unpaired) electrons. The molecule has 3 aromatic rings. The number of benzene rings is 1. The van der Waals surface area contributed by atoms with Gasteiger partial charge in [-0.05, 0) is 25.1 Å². The van der Waals surface area contributed by atoms with Crippen molar-refractivity contribution in [1.29, 1.82) is 0 Å². The molecule has 152 valence electrons. The van der Waals surface area contributed by atoms with Gasteiger partial charge in [-0.2, -0.15) is 18.3 Å². The van der Waals surface area contributed by atoms with E-state index in [9.17, 15) is 28.1 Å². The third kappa shape index (κ3) is 4.47. The van der Waals surface area contributed by atoms with Crippen LogP contribution < -0.4 is 5.32 Å². The van der Waals surface area contributed by atoms with Crippen molar-refractivity contribution in [2.45, 2.75) is 18.0 Å². The highest BCUT2D eigenvalue weighted by atomic mass is 32.2. The van der Waals surface area contributed by atoms with E-state index >= 15 is 0 Å². The summed E-state index contributed by atoms with van der Waals surface area (Å²) in [4.78, 5) is 26.6. The number of aryl methyl sites for hydroxylation is 2. The molecule has 2 aromatic heterocycles. The first-order valence-electron chi connectivity index (χ1n) is 8.14. The van der Waals surface area contributed by atoms with Crippen LogP contribution in [0.3, 0.4) is 0 Å². The molecule has 0 bridgehead atoms. The summed E-state index contributed by atoms with van der Waals surface area (Å²) in [5.74, 6) is -0.706. The van der Waals surface area contributed by atoms with Crippen LogP contribution in [0.1, 0.15) is 11.3 Å². The molecule has 3 rings (SSSR count). The number of hydrogen-bond acceptors (Lipinski definition) is 6. The number of nitrogens with zero attached hydrogens (tertiary/aromatic N) is 4. The second kappa shape index (κ2) is 7.70. The maximum absolute atomic E-state index is 12.8. The fraction of sp³-hybridized carbons (Fsp3) is 0.235. The second-order valence-corrected chi connectivity index (χ2v) is 7.10. The van der Waals surface area contributed by atoms with Gasteiger partial charge in [0.25, 0.3) is 5.69 Å². The van der Waals surface area contributed by atoms with Crippen LogP contribution in [0.25, 0.3) is 11.0 Å². The van der Waals surface area contributed by atoms with E-state index in [4.69, 9.17) is 0 Å². The minimum atomic E-state index is -4.69. The fourth-order valence-electron chi connectivity index (χ4n) is 2.68. The molecular weight excluding hydrogens is 411 g/mol. The summed E-state index contributed by atoms with van der Waals surface area (Å²) < 4.78 is 39.9. The van der Waals surface area contributed by atoms with Crippen molar-refractivity contribution in [1.82, 2.24) is 14.8 Å². The molecule has 0 unspecified atom stereocenters. The zero-order valence-electron chi connectivity index (χ0n) is 15.1. The Balaban J connectivity index is 1.72. The topological polar surface area (TPSA) is 103 Å². The second-order valence-electron chi connectivity index (χ2n) is 6.08. The van der Waals surface area contributed by atoms with Gasteiger partial charge in [0, 0.05) is 18.5 Å². The lowest BCUT2D eigenvalue weighted by atomic mass is 10.2. The van der Waals surface area contributed by atoms with Crippen LogP contribution in [0.5, 0.6) is 0 Å². The molecule has 0 atom stereocenters. The molecule has 0 saturated carbocycles. The first-order chi connectivity index (χ1) is 13.6. The van der Waals surface area contributed by atoms with Gasteiger partial charge in [-0.3, -0.25) is 19.6 Å². The van der Waals surface area contributed by atoms with Crippen LogP contribution in [0.4, 0.5) is 24.5 Å². The normalized spacial score (nSPS) is 11.6. The zero-order chi connectivity index (χ0) is 21.3. The lowest BCUT2D eigenvalue weighted by molar-refractivity contribution is -0.388. The first-order valence-corrected chi connectivity index (χ1v) is 9.12. The van der Waals surface area contributed by atoms with Gasteiger partial charge in [-0.25, -0.2) is 4.98 Å². The third-order valence-corrected chi connectivity index (χ3v) is 5.05. The van der Waals surface area contributed by atoms with Gasteiger partial charge in [0.2, 0.25) is 5.91 Å². The van der Waals surface area contributed by atoms with E-state index in [2.05, 4.69) is 15.4 Å². The van der Waals surface area contributed by atoms with Crippen LogP contribution in [-0.2, 0) is 18.0 Å². The Labute approximate surface area is 166 Å². The number of nitrogens with one attached hydrogen (secondary N) is 1. The minimum Gasteiger partial charge on any atom is -0.324 e. The van der Waals surface area contributed by atoms with Crippen molar-refractivity contribution in [3.63, 3.8) is 0 Å². The Morgan fingerprint density at radius 1 is 1.34 bits per heavy atom. The molecule has 1 amide bonds. The van der Waals surface area contributed by atoms with E-state index in [1.807, 2.05) is 0 Å². The number of fused-ring (bicyclic) bond motifs is 1. The predicted molar refractivity (Wildman–Crippen MR) is 101 cm³/mol. The molecule has 1 N–H and O–H groups in total. The average molecular weight is 425 g/mol. The number of halogens is 3. The minimum absolute atomic E-state index is 0.0326. The number of amides is 1. The number of nitro groups is 1. The summed E-state index contributed by atoms with van der Waals surface area (Å²) in [6.07, 6.45) is -3.24. The highest BCUT2D eigenvalue weighted by Crippen LogP contribution is 2.36. The smallest absolute Gasteiger partial charge is 0.324 e. The molecule has 12 heteroatoms. The molecule has 0 aliphatic rings. The fourth-order valence-corrected chi connectivity index (χ4v) is 3.48. The number of alkyl halides is 3. The Hall–Kier alpha value is -3.15. The summed E-state index contributed by atoms with van der Waals surface area (Å²) in [5, 5.41) is 18.7. The lowest BCUT2D eigenvalue weighted by Gasteiger charge is -2.09. The number of aromatic nitrogens is 3. The monoisotopic (exact) mass is 425 g/mol. The van der Waals surface area contributed by atoms with Gasteiger partial charge in [0.05, 0.1) is 38.7 Å². The molecule has 0 saturated heterocycles. The van der Waals surface area contributed by atoms with Crippen molar-refractivity contribution in [3.8, 4) is 0 Å². The number of thioether (sulfide) groups is 1.